The highest BCUT2D eigenvalue weighted by atomic mass is 16.1. The van der Waals surface area contributed by atoms with Crippen LogP contribution in [0.25, 0.3) is 0 Å². The molecule has 21 heavy (non-hydrogen) atoms. The van der Waals surface area contributed by atoms with Crippen molar-refractivity contribution in [1.29, 1.82) is 0 Å². The van der Waals surface area contributed by atoms with Gasteiger partial charge in [-0.05, 0) is 79.1 Å². The number of rotatable bonds is 1. The maximum Gasteiger partial charge on any atom is 0.155 e. The van der Waals surface area contributed by atoms with Crippen molar-refractivity contribution < 1.29 is 4.79 Å². The second-order valence-corrected chi connectivity index (χ2v) is 8.67. The summed E-state index contributed by atoms with van der Waals surface area (Å²) >= 11 is 0. The zero-order valence-electron chi connectivity index (χ0n) is 13.7. The number of carbonyl (C=O) groups excluding carboxylic acids is 1. The highest BCUT2D eigenvalue weighted by Gasteiger charge is 2.57. The normalized spacial score (nSPS) is 52.2. The minimum Gasteiger partial charge on any atom is -0.295 e. The maximum atomic E-state index is 11.8. The largest absolute Gasteiger partial charge is 0.295 e. The second-order valence-electron chi connectivity index (χ2n) is 8.67. The highest BCUT2D eigenvalue weighted by molar-refractivity contribution is 5.91. The van der Waals surface area contributed by atoms with Crippen molar-refractivity contribution in [2.45, 2.75) is 71.6 Å². The van der Waals surface area contributed by atoms with Crippen LogP contribution in [0.5, 0.6) is 0 Å². The lowest BCUT2D eigenvalue weighted by Gasteiger charge is -2.58. The van der Waals surface area contributed by atoms with E-state index in [1.54, 1.807) is 0 Å². The van der Waals surface area contributed by atoms with Gasteiger partial charge >= 0.3 is 0 Å². The molecule has 0 aromatic heterocycles. The van der Waals surface area contributed by atoms with Crippen LogP contribution >= 0.6 is 0 Å². The lowest BCUT2D eigenvalue weighted by molar-refractivity contribution is -0.122. The smallest absolute Gasteiger partial charge is 0.155 e. The monoisotopic (exact) mass is 286 g/mol. The number of fused-ring (bicyclic) bond motifs is 5. The van der Waals surface area contributed by atoms with Crippen molar-refractivity contribution >= 4 is 5.78 Å². The Labute approximate surface area is 129 Å². The van der Waals surface area contributed by atoms with E-state index in [4.69, 9.17) is 0 Å². The molecule has 0 N–H and O–H groups in total. The Bertz CT molecular complexity index is 478. The van der Waals surface area contributed by atoms with E-state index in [9.17, 15) is 4.79 Å². The van der Waals surface area contributed by atoms with E-state index in [1.165, 1.54) is 51.4 Å². The van der Waals surface area contributed by atoms with Gasteiger partial charge < -0.3 is 0 Å². The van der Waals surface area contributed by atoms with Crippen LogP contribution in [0.3, 0.4) is 0 Å². The van der Waals surface area contributed by atoms with Gasteiger partial charge in [-0.2, -0.15) is 0 Å². The number of hydrogen-bond acceptors (Lipinski definition) is 1. The molecule has 0 aliphatic heterocycles. The summed E-state index contributed by atoms with van der Waals surface area (Å²) < 4.78 is 0. The average molecular weight is 286 g/mol. The highest BCUT2D eigenvalue weighted by Crippen LogP contribution is 2.65. The molecular weight excluding hydrogens is 256 g/mol. The van der Waals surface area contributed by atoms with Crippen molar-refractivity contribution in [1.82, 2.24) is 0 Å². The first-order chi connectivity index (χ1) is 10.1. The topological polar surface area (TPSA) is 17.1 Å². The molecule has 0 bridgehead atoms. The van der Waals surface area contributed by atoms with Gasteiger partial charge in [-0.1, -0.05) is 32.8 Å². The van der Waals surface area contributed by atoms with Crippen LogP contribution in [0.15, 0.2) is 12.2 Å². The Hall–Kier alpha value is -0.590. The fourth-order valence-electron chi connectivity index (χ4n) is 7.04. The van der Waals surface area contributed by atoms with E-state index in [-0.39, 0.29) is 0 Å². The van der Waals surface area contributed by atoms with E-state index < -0.39 is 0 Å². The SMILES string of the molecule is CC[C@@]12CCC[C@H]1[C@@H]1CCC3CC(=O)C=C[C@]3(C)[C@H]1CC2. The Kier molecular flexibility index (Phi) is 3.14. The van der Waals surface area contributed by atoms with Crippen LogP contribution in [-0.4, -0.2) is 5.78 Å². The summed E-state index contributed by atoms with van der Waals surface area (Å²) in [5.41, 5.74) is 1.01. The molecule has 1 heteroatoms. The Morgan fingerprint density at radius 2 is 2.00 bits per heavy atom. The zero-order chi connectivity index (χ0) is 14.7. The molecule has 4 aliphatic carbocycles. The molecule has 0 aromatic rings. The second kappa shape index (κ2) is 4.70. The number of hydrogen-bond donors (Lipinski definition) is 0. The van der Waals surface area contributed by atoms with Gasteiger partial charge in [0.15, 0.2) is 5.78 Å². The first-order valence-electron chi connectivity index (χ1n) is 9.31. The molecule has 1 nitrogen and oxygen atoms in total. The summed E-state index contributed by atoms with van der Waals surface area (Å²) in [6.45, 7) is 4.91. The summed E-state index contributed by atoms with van der Waals surface area (Å²) in [5, 5.41) is 0. The van der Waals surface area contributed by atoms with Gasteiger partial charge in [0.1, 0.15) is 0 Å². The van der Waals surface area contributed by atoms with Crippen LogP contribution in [0.2, 0.25) is 0 Å². The molecule has 0 amide bonds. The Balaban J connectivity index is 1.68. The molecular formula is C20H30O. The van der Waals surface area contributed by atoms with Crippen LogP contribution in [-0.2, 0) is 4.79 Å². The van der Waals surface area contributed by atoms with Gasteiger partial charge in [0.25, 0.3) is 0 Å². The van der Waals surface area contributed by atoms with Crippen LogP contribution in [0.4, 0.5) is 0 Å². The van der Waals surface area contributed by atoms with Gasteiger partial charge in [-0.25, -0.2) is 0 Å². The zero-order valence-corrected chi connectivity index (χ0v) is 13.7. The predicted molar refractivity (Wildman–Crippen MR) is 85.9 cm³/mol. The van der Waals surface area contributed by atoms with Crippen molar-refractivity contribution in [3.63, 3.8) is 0 Å². The summed E-state index contributed by atoms with van der Waals surface area (Å²) in [5.74, 6) is 3.79. The van der Waals surface area contributed by atoms with Gasteiger partial charge in [-0.15, -0.1) is 0 Å². The molecule has 0 saturated heterocycles. The third-order valence-electron chi connectivity index (χ3n) is 8.27. The summed E-state index contributed by atoms with van der Waals surface area (Å²) in [6.07, 6.45) is 16.5. The van der Waals surface area contributed by atoms with Gasteiger partial charge in [-0.3, -0.25) is 4.79 Å². The molecule has 3 saturated carbocycles. The molecule has 116 valence electrons. The van der Waals surface area contributed by atoms with Crippen LogP contribution in [0, 0.1) is 34.5 Å². The molecule has 0 heterocycles. The number of carbonyl (C=O) groups is 1. The van der Waals surface area contributed by atoms with Crippen LogP contribution in [0.1, 0.15) is 71.6 Å². The number of ketones is 1. The fourth-order valence-corrected chi connectivity index (χ4v) is 7.04. The summed E-state index contributed by atoms with van der Waals surface area (Å²) in [7, 11) is 0. The predicted octanol–water partition coefficient (Wildman–Crippen LogP) is 5.15. The summed E-state index contributed by atoms with van der Waals surface area (Å²) in [4.78, 5) is 11.8. The van der Waals surface area contributed by atoms with Gasteiger partial charge in [0.05, 0.1) is 0 Å². The van der Waals surface area contributed by atoms with E-state index in [0.29, 0.717) is 22.5 Å². The van der Waals surface area contributed by atoms with Crippen molar-refractivity contribution in [3.8, 4) is 0 Å². The van der Waals surface area contributed by atoms with Gasteiger partial charge in [0, 0.05) is 6.42 Å². The third-order valence-corrected chi connectivity index (χ3v) is 8.27. The molecule has 0 radical (unpaired) electrons. The van der Waals surface area contributed by atoms with Crippen molar-refractivity contribution in [2.24, 2.45) is 34.5 Å². The third kappa shape index (κ3) is 1.85. The maximum absolute atomic E-state index is 11.8. The Morgan fingerprint density at radius 1 is 1.14 bits per heavy atom. The first kappa shape index (κ1) is 14.0. The number of allylic oxidation sites excluding steroid dienone is 2. The summed E-state index contributed by atoms with van der Waals surface area (Å²) in [6, 6.07) is 0. The molecule has 4 aliphatic rings. The molecule has 4 rings (SSSR count). The Morgan fingerprint density at radius 3 is 2.81 bits per heavy atom. The quantitative estimate of drug-likeness (QED) is 0.651. The molecule has 0 spiro atoms. The standard InChI is InChI=1S/C20H30O/c1-3-20-10-4-5-18(20)16-7-6-14-13-15(21)8-11-19(14,2)17(16)9-12-20/h8,11,14,16-18H,3-7,9-10,12-13H2,1-2H3/t14?,16-,17+,18+,19+,20+/m1/s1. The van der Waals surface area contributed by atoms with Gasteiger partial charge in [0.2, 0.25) is 0 Å². The minimum absolute atomic E-state index is 0.319. The van der Waals surface area contributed by atoms with Crippen molar-refractivity contribution in [3.05, 3.63) is 12.2 Å². The van der Waals surface area contributed by atoms with Crippen LogP contribution < -0.4 is 0 Å². The van der Waals surface area contributed by atoms with Crippen molar-refractivity contribution in [2.75, 3.05) is 0 Å². The molecule has 3 fully saturated rings. The van der Waals surface area contributed by atoms with E-state index in [0.717, 1.165) is 24.2 Å². The minimum atomic E-state index is 0.319. The molecule has 6 atom stereocenters. The first-order valence-corrected chi connectivity index (χ1v) is 9.31. The fraction of sp³-hybridized carbons (Fsp3) is 0.850. The molecule has 0 aromatic carbocycles. The average Bonchev–Trinajstić information content (AvgIpc) is 2.92. The van der Waals surface area contributed by atoms with E-state index in [1.807, 2.05) is 6.08 Å². The lowest BCUT2D eigenvalue weighted by Crippen LogP contribution is -2.51. The lowest BCUT2D eigenvalue weighted by atomic mass is 9.46. The van der Waals surface area contributed by atoms with E-state index >= 15 is 0 Å². The molecule has 1 unspecified atom stereocenters. The van der Waals surface area contributed by atoms with E-state index in [2.05, 4.69) is 19.9 Å².